The summed E-state index contributed by atoms with van der Waals surface area (Å²) >= 11 is 1.53. The minimum Gasteiger partial charge on any atom is -0.497 e. The molecule has 0 fully saturated rings. The zero-order valence-electron chi connectivity index (χ0n) is 14.1. The minimum absolute atomic E-state index is 0.0460. The normalized spacial score (nSPS) is 11.8. The average Bonchev–Trinajstić information content (AvgIpc) is 3.10. The maximum absolute atomic E-state index is 12.0. The first kappa shape index (κ1) is 17.9. The lowest BCUT2D eigenvalue weighted by atomic mass is 10.1. The maximum Gasteiger partial charge on any atom is 0.313 e. The van der Waals surface area contributed by atoms with E-state index in [0.29, 0.717) is 11.4 Å². The molecule has 0 spiro atoms. The summed E-state index contributed by atoms with van der Waals surface area (Å²) in [5.41, 5.74) is 1.22. The minimum atomic E-state index is -0.885. The molecule has 0 aliphatic carbocycles. The molecule has 26 heavy (non-hydrogen) atoms. The van der Waals surface area contributed by atoms with Crippen molar-refractivity contribution in [1.29, 1.82) is 0 Å². The number of thiophene rings is 1. The molecule has 1 unspecified atom stereocenters. The van der Waals surface area contributed by atoms with Crippen molar-refractivity contribution in [2.75, 3.05) is 19.0 Å². The fourth-order valence-electron chi connectivity index (χ4n) is 2.50. The van der Waals surface area contributed by atoms with Gasteiger partial charge in [0.2, 0.25) is 0 Å². The quantitative estimate of drug-likeness (QED) is 0.603. The van der Waals surface area contributed by atoms with Crippen LogP contribution in [0.5, 0.6) is 5.75 Å². The van der Waals surface area contributed by atoms with Gasteiger partial charge in [-0.05, 0) is 41.1 Å². The molecule has 3 rings (SSSR count). The number of hydrogen-bond donors (Lipinski definition) is 3. The molecule has 1 atom stereocenters. The molecular weight excluding hydrogens is 352 g/mol. The molecule has 0 bridgehead atoms. The van der Waals surface area contributed by atoms with Crippen LogP contribution < -0.4 is 15.4 Å². The van der Waals surface area contributed by atoms with E-state index in [1.165, 1.54) is 11.3 Å². The Morgan fingerprint density at radius 1 is 1.12 bits per heavy atom. The molecule has 0 saturated heterocycles. The highest BCUT2D eigenvalue weighted by Crippen LogP contribution is 2.29. The van der Waals surface area contributed by atoms with Crippen molar-refractivity contribution in [2.45, 2.75) is 6.10 Å². The van der Waals surface area contributed by atoms with Gasteiger partial charge >= 0.3 is 11.8 Å². The third-order valence-corrected chi connectivity index (χ3v) is 4.86. The van der Waals surface area contributed by atoms with E-state index in [1.807, 2.05) is 29.6 Å². The van der Waals surface area contributed by atoms with Crippen LogP contribution >= 0.6 is 11.3 Å². The molecule has 134 valence electrons. The van der Waals surface area contributed by atoms with E-state index >= 15 is 0 Å². The number of hydrogen-bond acceptors (Lipinski definition) is 5. The fraction of sp³-hybridized carbons (Fsp3) is 0.158. The third-order valence-electron chi connectivity index (χ3n) is 3.88. The van der Waals surface area contributed by atoms with Gasteiger partial charge in [0.05, 0.1) is 13.2 Å². The van der Waals surface area contributed by atoms with Gasteiger partial charge in [0, 0.05) is 22.5 Å². The summed E-state index contributed by atoms with van der Waals surface area (Å²) in [4.78, 5) is 23.9. The van der Waals surface area contributed by atoms with Gasteiger partial charge in [0.1, 0.15) is 5.75 Å². The Bertz CT molecular complexity index is 921. The Kier molecular flexibility index (Phi) is 5.50. The molecule has 1 heterocycles. The van der Waals surface area contributed by atoms with Crippen LogP contribution in [-0.4, -0.2) is 30.6 Å². The molecule has 2 amide bonds. The van der Waals surface area contributed by atoms with Crippen LogP contribution in [0, 0.1) is 0 Å². The monoisotopic (exact) mass is 370 g/mol. The van der Waals surface area contributed by atoms with Gasteiger partial charge in [-0.15, -0.1) is 11.3 Å². The topological polar surface area (TPSA) is 87.7 Å². The predicted molar refractivity (Wildman–Crippen MR) is 101 cm³/mol. The van der Waals surface area contributed by atoms with Crippen LogP contribution in [-0.2, 0) is 9.59 Å². The van der Waals surface area contributed by atoms with Crippen molar-refractivity contribution in [3.05, 3.63) is 59.5 Å². The van der Waals surface area contributed by atoms with Crippen LogP contribution in [0.15, 0.2) is 53.9 Å². The van der Waals surface area contributed by atoms with Crippen molar-refractivity contribution in [3.63, 3.8) is 0 Å². The van der Waals surface area contributed by atoms with Crippen LogP contribution in [0.3, 0.4) is 0 Å². The number of anilines is 1. The van der Waals surface area contributed by atoms with Gasteiger partial charge in [0.15, 0.2) is 0 Å². The van der Waals surface area contributed by atoms with E-state index in [0.717, 1.165) is 15.6 Å². The van der Waals surface area contributed by atoms with E-state index in [9.17, 15) is 14.7 Å². The lowest BCUT2D eigenvalue weighted by molar-refractivity contribution is -0.136. The zero-order valence-corrected chi connectivity index (χ0v) is 14.9. The number of methoxy groups -OCH3 is 1. The van der Waals surface area contributed by atoms with Crippen molar-refractivity contribution in [3.8, 4) is 5.75 Å². The molecule has 6 nitrogen and oxygen atoms in total. The number of amides is 2. The standard InChI is InChI=1S/C19H18N2O4S/c1-25-13-8-6-12(7-9-13)21-19(24)18(23)20-10-16(22)15-11-26-17-5-3-2-4-14(15)17/h2-9,11,16,22H,10H2,1H3,(H,20,23)(H,21,24). The maximum atomic E-state index is 12.0. The second kappa shape index (κ2) is 7.99. The first-order valence-electron chi connectivity index (χ1n) is 7.96. The number of aliphatic hydroxyl groups is 1. The van der Waals surface area contributed by atoms with Crippen LogP contribution in [0.25, 0.3) is 10.1 Å². The van der Waals surface area contributed by atoms with Gasteiger partial charge in [0.25, 0.3) is 0 Å². The van der Waals surface area contributed by atoms with Gasteiger partial charge < -0.3 is 20.5 Å². The Balaban J connectivity index is 1.56. The number of ether oxygens (including phenoxy) is 1. The number of fused-ring (bicyclic) bond motifs is 1. The van der Waals surface area contributed by atoms with E-state index < -0.39 is 17.9 Å². The highest BCUT2D eigenvalue weighted by molar-refractivity contribution is 7.17. The number of nitrogens with one attached hydrogen (secondary N) is 2. The van der Waals surface area contributed by atoms with Gasteiger partial charge in [-0.25, -0.2) is 0 Å². The number of benzene rings is 2. The van der Waals surface area contributed by atoms with Crippen molar-refractivity contribution >= 4 is 38.9 Å². The summed E-state index contributed by atoms with van der Waals surface area (Å²) in [6.45, 7) is -0.0460. The van der Waals surface area contributed by atoms with Crippen molar-refractivity contribution in [2.24, 2.45) is 0 Å². The molecule has 1 aromatic heterocycles. The van der Waals surface area contributed by atoms with Crippen molar-refractivity contribution < 1.29 is 19.4 Å². The Morgan fingerprint density at radius 3 is 2.58 bits per heavy atom. The largest absolute Gasteiger partial charge is 0.497 e. The van der Waals surface area contributed by atoms with Gasteiger partial charge in [-0.1, -0.05) is 18.2 Å². The Labute approximate surface area is 154 Å². The summed E-state index contributed by atoms with van der Waals surface area (Å²) in [7, 11) is 1.54. The zero-order chi connectivity index (χ0) is 18.5. The number of carbonyl (C=O) groups is 2. The molecule has 0 radical (unpaired) electrons. The van der Waals surface area contributed by atoms with Crippen LogP contribution in [0.1, 0.15) is 11.7 Å². The average molecular weight is 370 g/mol. The molecule has 3 aromatic rings. The van der Waals surface area contributed by atoms with E-state index in [4.69, 9.17) is 4.74 Å². The Hall–Kier alpha value is -2.90. The first-order chi connectivity index (χ1) is 12.6. The summed E-state index contributed by atoms with van der Waals surface area (Å²) in [6, 6.07) is 14.3. The van der Waals surface area contributed by atoms with Crippen LogP contribution in [0.2, 0.25) is 0 Å². The summed E-state index contributed by atoms with van der Waals surface area (Å²) in [6.07, 6.45) is -0.885. The van der Waals surface area contributed by atoms with Gasteiger partial charge in [-0.3, -0.25) is 9.59 Å². The number of carbonyl (C=O) groups excluding carboxylic acids is 2. The summed E-state index contributed by atoms with van der Waals surface area (Å²) in [5, 5.41) is 18.1. The van der Waals surface area contributed by atoms with Crippen molar-refractivity contribution in [1.82, 2.24) is 5.32 Å². The second-order valence-corrected chi connectivity index (χ2v) is 6.51. The SMILES string of the molecule is COc1ccc(NC(=O)C(=O)NCC(O)c2csc3ccccc23)cc1. The predicted octanol–water partition coefficient (Wildman–Crippen LogP) is 2.70. The van der Waals surface area contributed by atoms with E-state index in [1.54, 1.807) is 31.4 Å². The summed E-state index contributed by atoms with van der Waals surface area (Å²) < 4.78 is 6.09. The van der Waals surface area contributed by atoms with Crippen LogP contribution in [0.4, 0.5) is 5.69 Å². The lowest BCUT2D eigenvalue weighted by Gasteiger charge is -2.12. The molecule has 0 saturated carbocycles. The molecule has 2 aromatic carbocycles. The summed E-state index contributed by atoms with van der Waals surface area (Å²) in [5.74, 6) is -0.949. The fourth-order valence-corrected chi connectivity index (χ4v) is 3.51. The highest BCUT2D eigenvalue weighted by atomic mass is 32.1. The first-order valence-corrected chi connectivity index (χ1v) is 8.84. The molecule has 3 N–H and O–H groups in total. The lowest BCUT2D eigenvalue weighted by Crippen LogP contribution is -2.37. The number of aliphatic hydroxyl groups excluding tert-OH is 1. The number of rotatable bonds is 5. The second-order valence-electron chi connectivity index (χ2n) is 5.60. The van der Waals surface area contributed by atoms with E-state index in [-0.39, 0.29) is 6.54 Å². The molecule has 0 aliphatic heterocycles. The molecule has 7 heteroatoms. The van der Waals surface area contributed by atoms with Gasteiger partial charge in [-0.2, -0.15) is 0 Å². The van der Waals surface area contributed by atoms with E-state index in [2.05, 4.69) is 10.6 Å². The molecule has 0 aliphatic rings. The Morgan fingerprint density at radius 2 is 1.85 bits per heavy atom. The smallest absolute Gasteiger partial charge is 0.313 e. The third kappa shape index (κ3) is 4.01. The molecular formula is C19H18N2O4S. The highest BCUT2D eigenvalue weighted by Gasteiger charge is 2.18.